The van der Waals surface area contributed by atoms with Crippen molar-refractivity contribution < 1.29 is 9.90 Å². The Kier molecular flexibility index (Phi) is 7.42. The molecule has 0 unspecified atom stereocenters. The highest BCUT2D eigenvalue weighted by Gasteiger charge is 2.06. The van der Waals surface area contributed by atoms with Crippen LogP contribution in [0, 0.1) is 0 Å². The van der Waals surface area contributed by atoms with E-state index in [0.717, 1.165) is 10.0 Å². The fourth-order valence-corrected chi connectivity index (χ4v) is 3.70. The fraction of sp³-hybridized carbons (Fsp3) is 0.125. The average molecular weight is 448 g/mol. The molecule has 0 aromatic heterocycles. The Morgan fingerprint density at radius 2 is 2.08 bits per heavy atom. The number of phenolic OH excluding ortho intramolecular Hbond substituents is 1. The smallest absolute Gasteiger partial charge is 0.250 e. The summed E-state index contributed by atoms with van der Waals surface area (Å²) >= 11 is 16.6. The van der Waals surface area contributed by atoms with E-state index in [1.54, 1.807) is 0 Å². The van der Waals surface area contributed by atoms with E-state index in [1.165, 1.54) is 30.1 Å². The number of amides is 1. The van der Waals surface area contributed by atoms with Crippen LogP contribution in [0.25, 0.3) is 0 Å². The van der Waals surface area contributed by atoms with E-state index in [2.05, 4.69) is 26.5 Å². The number of carbonyl (C=O) groups excluding carboxylic acids is 1. The number of benzene rings is 2. The summed E-state index contributed by atoms with van der Waals surface area (Å²) in [7, 11) is 0. The van der Waals surface area contributed by atoms with Crippen molar-refractivity contribution in [2.75, 3.05) is 5.75 Å². The molecule has 0 fully saturated rings. The Hall–Kier alpha value is -1.21. The first-order valence-corrected chi connectivity index (χ1v) is 9.49. The third kappa shape index (κ3) is 5.70. The van der Waals surface area contributed by atoms with Crippen molar-refractivity contribution >= 4 is 63.0 Å². The first-order valence-electron chi connectivity index (χ1n) is 6.78. The first-order chi connectivity index (χ1) is 11.5. The summed E-state index contributed by atoms with van der Waals surface area (Å²) in [4.78, 5) is 11.8. The Morgan fingerprint density at radius 3 is 2.83 bits per heavy atom. The number of carbonyl (C=O) groups is 1. The van der Waals surface area contributed by atoms with Crippen molar-refractivity contribution in [3.05, 3.63) is 62.0 Å². The van der Waals surface area contributed by atoms with Gasteiger partial charge in [0.25, 0.3) is 0 Å². The lowest BCUT2D eigenvalue weighted by Gasteiger charge is -2.04. The summed E-state index contributed by atoms with van der Waals surface area (Å²) in [5.41, 5.74) is 3.85. The average Bonchev–Trinajstić information content (AvgIpc) is 2.54. The van der Waals surface area contributed by atoms with Gasteiger partial charge in [0.15, 0.2) is 0 Å². The third-order valence-corrected chi connectivity index (χ3v) is 5.16. The van der Waals surface area contributed by atoms with Crippen LogP contribution in [0.15, 0.2) is 46.0 Å². The van der Waals surface area contributed by atoms with Gasteiger partial charge in [0.05, 0.1) is 17.0 Å². The van der Waals surface area contributed by atoms with Gasteiger partial charge in [-0.25, -0.2) is 5.43 Å². The fourth-order valence-electron chi connectivity index (χ4n) is 1.76. The molecule has 2 N–H and O–H groups in total. The Morgan fingerprint density at radius 1 is 1.33 bits per heavy atom. The quantitative estimate of drug-likeness (QED) is 0.491. The Balaban J connectivity index is 1.82. The maximum absolute atomic E-state index is 11.8. The zero-order valence-corrected chi connectivity index (χ0v) is 16.2. The molecule has 0 radical (unpaired) electrons. The van der Waals surface area contributed by atoms with Gasteiger partial charge < -0.3 is 5.11 Å². The molecule has 0 saturated heterocycles. The van der Waals surface area contributed by atoms with E-state index in [4.69, 9.17) is 23.2 Å². The molecule has 8 heteroatoms. The van der Waals surface area contributed by atoms with Crippen LogP contribution in [0.3, 0.4) is 0 Å². The van der Waals surface area contributed by atoms with Crippen LogP contribution in [-0.4, -0.2) is 23.0 Å². The number of aromatic hydroxyl groups is 1. The number of phenols is 1. The highest BCUT2D eigenvalue weighted by atomic mass is 79.9. The molecular weight excluding hydrogens is 435 g/mol. The molecule has 0 aliphatic rings. The molecular formula is C16H13BrCl2N2O2S. The van der Waals surface area contributed by atoms with E-state index >= 15 is 0 Å². The molecule has 0 aliphatic carbocycles. The monoisotopic (exact) mass is 446 g/mol. The van der Waals surface area contributed by atoms with Crippen molar-refractivity contribution in [1.29, 1.82) is 0 Å². The van der Waals surface area contributed by atoms with Crippen molar-refractivity contribution in [2.45, 2.75) is 5.75 Å². The summed E-state index contributed by atoms with van der Waals surface area (Å²) in [5, 5.41) is 14.1. The molecule has 2 aromatic rings. The maximum atomic E-state index is 11.8. The van der Waals surface area contributed by atoms with Crippen molar-refractivity contribution in [3.8, 4) is 5.75 Å². The van der Waals surface area contributed by atoms with Gasteiger partial charge in [0, 0.05) is 20.8 Å². The van der Waals surface area contributed by atoms with Crippen molar-refractivity contribution in [2.24, 2.45) is 5.10 Å². The van der Waals surface area contributed by atoms with Gasteiger partial charge in [-0.2, -0.15) is 5.10 Å². The molecule has 0 atom stereocenters. The number of hydrogen-bond acceptors (Lipinski definition) is 4. The second-order valence-electron chi connectivity index (χ2n) is 4.70. The van der Waals surface area contributed by atoms with Crippen molar-refractivity contribution in [1.82, 2.24) is 5.43 Å². The van der Waals surface area contributed by atoms with Crippen LogP contribution >= 0.6 is 50.9 Å². The largest absolute Gasteiger partial charge is 0.506 e. The van der Waals surface area contributed by atoms with Gasteiger partial charge in [-0.05, 0) is 23.8 Å². The van der Waals surface area contributed by atoms with Crippen LogP contribution in [-0.2, 0) is 10.5 Å². The summed E-state index contributed by atoms with van der Waals surface area (Å²) in [5.74, 6) is 0.600. The zero-order valence-electron chi connectivity index (χ0n) is 12.3. The van der Waals surface area contributed by atoms with Crippen LogP contribution < -0.4 is 5.43 Å². The van der Waals surface area contributed by atoms with Gasteiger partial charge in [-0.15, -0.1) is 11.8 Å². The molecule has 2 rings (SSSR count). The summed E-state index contributed by atoms with van der Waals surface area (Å²) in [6.07, 6.45) is 1.30. The van der Waals surface area contributed by atoms with Crippen LogP contribution in [0.4, 0.5) is 0 Å². The molecule has 2 aromatic carbocycles. The Bertz CT molecular complexity index is 772. The second kappa shape index (κ2) is 9.32. The zero-order chi connectivity index (χ0) is 17.5. The number of hydrogen-bond donors (Lipinski definition) is 2. The lowest BCUT2D eigenvalue weighted by molar-refractivity contribution is -0.118. The van der Waals surface area contributed by atoms with E-state index in [9.17, 15) is 9.90 Å². The summed E-state index contributed by atoms with van der Waals surface area (Å²) in [6, 6.07) is 10.8. The van der Waals surface area contributed by atoms with Crippen molar-refractivity contribution in [3.63, 3.8) is 0 Å². The molecule has 1 amide bonds. The number of thioether (sulfide) groups is 1. The minimum absolute atomic E-state index is 0.124. The van der Waals surface area contributed by atoms with Crippen LogP contribution in [0.1, 0.15) is 11.1 Å². The van der Waals surface area contributed by atoms with Gasteiger partial charge in [0.1, 0.15) is 5.75 Å². The highest BCUT2D eigenvalue weighted by molar-refractivity contribution is 9.10. The number of nitrogens with one attached hydrogen (secondary N) is 1. The number of halogens is 3. The molecule has 126 valence electrons. The minimum atomic E-state index is -0.240. The number of nitrogens with zero attached hydrogens (tertiary/aromatic N) is 1. The number of rotatable bonds is 6. The van der Waals surface area contributed by atoms with E-state index < -0.39 is 0 Å². The molecule has 4 nitrogen and oxygen atoms in total. The highest BCUT2D eigenvalue weighted by Crippen LogP contribution is 2.29. The molecule has 0 spiro atoms. The standard InChI is InChI=1S/C16H13BrCl2N2O2S/c17-13-4-2-1-3-10(13)8-24-9-15(22)21-20-7-11-5-12(18)6-14(19)16(11)23/h1-7,23H,8-9H2,(H,21,22)/b20-7+. The normalized spacial score (nSPS) is 11.0. The lowest BCUT2D eigenvalue weighted by atomic mass is 10.2. The van der Waals surface area contributed by atoms with Crippen LogP contribution in [0.5, 0.6) is 5.75 Å². The van der Waals surface area contributed by atoms with Gasteiger partial charge in [-0.3, -0.25) is 4.79 Å². The number of hydrazone groups is 1. The molecule has 0 bridgehead atoms. The first kappa shape index (κ1) is 19.1. The maximum Gasteiger partial charge on any atom is 0.250 e. The van der Waals surface area contributed by atoms with Gasteiger partial charge >= 0.3 is 0 Å². The summed E-state index contributed by atoms with van der Waals surface area (Å²) < 4.78 is 1.02. The third-order valence-electron chi connectivity index (χ3n) is 2.90. The topological polar surface area (TPSA) is 61.7 Å². The summed E-state index contributed by atoms with van der Waals surface area (Å²) in [6.45, 7) is 0. The molecule has 0 aliphatic heterocycles. The van der Waals surface area contributed by atoms with Gasteiger partial charge in [-0.1, -0.05) is 57.3 Å². The van der Waals surface area contributed by atoms with E-state index in [-0.39, 0.29) is 22.4 Å². The predicted octanol–water partition coefficient (Wildman–Crippen LogP) is 4.85. The Labute approximate surface area is 162 Å². The minimum Gasteiger partial charge on any atom is -0.506 e. The van der Waals surface area contributed by atoms with Gasteiger partial charge in [0.2, 0.25) is 5.91 Å². The van der Waals surface area contributed by atoms with E-state index in [1.807, 2.05) is 24.3 Å². The van der Waals surface area contributed by atoms with Crippen LogP contribution in [0.2, 0.25) is 10.0 Å². The molecule has 0 saturated carbocycles. The SMILES string of the molecule is O=C(CSCc1ccccc1Br)N/N=C/c1cc(Cl)cc(Cl)c1O. The van der Waals surface area contributed by atoms with E-state index in [0.29, 0.717) is 16.3 Å². The predicted molar refractivity (Wildman–Crippen MR) is 104 cm³/mol. The lowest BCUT2D eigenvalue weighted by Crippen LogP contribution is -2.19. The molecule has 24 heavy (non-hydrogen) atoms. The second-order valence-corrected chi connectivity index (χ2v) is 7.39. The molecule has 0 heterocycles.